The number of carbonyl (C=O) groups excluding carboxylic acids is 2. The Kier molecular flexibility index (Phi) is 9.33. The van der Waals surface area contributed by atoms with Crippen LogP contribution in [0.2, 0.25) is 10.0 Å². The first kappa shape index (κ1) is 27.9. The van der Waals surface area contributed by atoms with Gasteiger partial charge in [0.2, 0.25) is 5.91 Å². The first-order chi connectivity index (χ1) is 17.0. The normalized spacial score (nSPS) is 12.2. The second kappa shape index (κ2) is 12.0. The molecule has 0 aliphatic heterocycles. The molecule has 2 N–H and O–H groups in total. The van der Waals surface area contributed by atoms with Crippen LogP contribution in [0.15, 0.2) is 65.6 Å². The number of alkyl halides is 3. The van der Waals surface area contributed by atoms with Crippen LogP contribution in [0.25, 0.3) is 11.1 Å². The van der Waals surface area contributed by atoms with Gasteiger partial charge in [-0.3, -0.25) is 9.59 Å². The van der Waals surface area contributed by atoms with Crippen LogP contribution in [0, 0.1) is 0 Å². The number of thioether (sulfide) groups is 1. The number of benzene rings is 3. The zero-order valence-corrected chi connectivity index (χ0v) is 21.7. The van der Waals surface area contributed by atoms with Crippen molar-refractivity contribution >= 4 is 46.8 Å². The molecule has 10 heteroatoms. The summed E-state index contributed by atoms with van der Waals surface area (Å²) in [6, 6.07) is 13.7. The zero-order valence-electron chi connectivity index (χ0n) is 19.4. The Morgan fingerprint density at radius 3 is 2.42 bits per heavy atom. The summed E-state index contributed by atoms with van der Waals surface area (Å²) in [7, 11) is 1.42. The van der Waals surface area contributed by atoms with Crippen LogP contribution in [0.5, 0.6) is 0 Å². The van der Waals surface area contributed by atoms with E-state index in [2.05, 4.69) is 10.6 Å². The smallest absolute Gasteiger partial charge is 0.357 e. The lowest BCUT2D eigenvalue weighted by molar-refractivity contribution is -0.137. The third-order valence-electron chi connectivity index (χ3n) is 5.35. The summed E-state index contributed by atoms with van der Waals surface area (Å²) in [6.45, 7) is 1.95. The van der Waals surface area contributed by atoms with Gasteiger partial charge in [0.05, 0.1) is 5.56 Å². The molecule has 0 saturated carbocycles. The van der Waals surface area contributed by atoms with E-state index in [1.165, 1.54) is 30.9 Å². The van der Waals surface area contributed by atoms with Gasteiger partial charge in [0, 0.05) is 34.0 Å². The van der Waals surface area contributed by atoms with Gasteiger partial charge < -0.3 is 10.6 Å². The molecule has 0 spiro atoms. The second-order valence-electron chi connectivity index (χ2n) is 7.80. The van der Waals surface area contributed by atoms with Gasteiger partial charge in [0.15, 0.2) is 0 Å². The maximum atomic E-state index is 13.8. The summed E-state index contributed by atoms with van der Waals surface area (Å²) >= 11 is 13.7. The highest BCUT2D eigenvalue weighted by Gasteiger charge is 2.34. The van der Waals surface area contributed by atoms with Gasteiger partial charge in [-0.1, -0.05) is 48.3 Å². The Labute approximate surface area is 221 Å². The molecule has 0 heterocycles. The van der Waals surface area contributed by atoms with Crippen LogP contribution in [0.3, 0.4) is 0 Å². The number of likely N-dealkylation sites (N-methyl/N-ethyl adjacent to an activating group) is 1. The average Bonchev–Trinajstić information content (AvgIpc) is 2.84. The molecule has 4 nitrogen and oxygen atoms in total. The number of nitrogens with one attached hydrogen (secondary N) is 2. The molecule has 0 radical (unpaired) electrons. The van der Waals surface area contributed by atoms with Crippen LogP contribution >= 0.6 is 35.0 Å². The summed E-state index contributed by atoms with van der Waals surface area (Å²) in [5.74, 6) is -0.412. The maximum absolute atomic E-state index is 13.8. The van der Waals surface area contributed by atoms with E-state index in [-0.39, 0.29) is 17.5 Å². The Hall–Kier alpha value is -2.68. The van der Waals surface area contributed by atoms with E-state index < -0.39 is 29.6 Å². The van der Waals surface area contributed by atoms with Crippen LogP contribution < -0.4 is 10.6 Å². The summed E-state index contributed by atoms with van der Waals surface area (Å²) in [6.07, 6.45) is -4.56. The van der Waals surface area contributed by atoms with Crippen LogP contribution in [-0.4, -0.2) is 30.7 Å². The fourth-order valence-electron chi connectivity index (χ4n) is 3.62. The number of hydrogen-bond acceptors (Lipinski definition) is 3. The van der Waals surface area contributed by atoms with Crippen molar-refractivity contribution < 1.29 is 22.8 Å². The molecule has 3 aromatic carbocycles. The first-order valence-corrected chi connectivity index (χ1v) is 12.7. The second-order valence-corrected chi connectivity index (χ2v) is 9.98. The maximum Gasteiger partial charge on any atom is 0.417 e. The van der Waals surface area contributed by atoms with Crippen molar-refractivity contribution in [3.8, 4) is 11.1 Å². The topological polar surface area (TPSA) is 58.2 Å². The predicted octanol–water partition coefficient (Wildman–Crippen LogP) is 6.88. The highest BCUT2D eigenvalue weighted by molar-refractivity contribution is 7.99. The molecular formula is C26H23Cl2F3N2O2S. The molecule has 0 aliphatic carbocycles. The largest absolute Gasteiger partial charge is 0.417 e. The lowest BCUT2D eigenvalue weighted by Crippen LogP contribution is -2.47. The van der Waals surface area contributed by atoms with Gasteiger partial charge in [-0.15, -0.1) is 11.8 Å². The van der Waals surface area contributed by atoms with E-state index in [0.717, 1.165) is 22.8 Å². The molecule has 1 atom stereocenters. The number of rotatable bonds is 8. The summed E-state index contributed by atoms with van der Waals surface area (Å²) in [4.78, 5) is 26.4. The Morgan fingerprint density at radius 1 is 1.03 bits per heavy atom. The standard InChI is InChI=1S/C26H23Cl2F3N2O2S/c1-3-36-19-6-4-5-15(11-19)20-12-17(8-10-21(20)26(29,30)31)24(34)33-23(25(35)32-2)13-16-7-9-18(27)14-22(16)28/h4-12,14,23H,3,13H2,1-2H3,(H,32,35)(H,33,34)/t23-/m1/s1. The highest BCUT2D eigenvalue weighted by atomic mass is 35.5. The van der Waals surface area contributed by atoms with Crippen molar-refractivity contribution in [1.29, 1.82) is 0 Å². The minimum atomic E-state index is -4.62. The molecular weight excluding hydrogens is 532 g/mol. The highest BCUT2D eigenvalue weighted by Crippen LogP contribution is 2.38. The molecule has 36 heavy (non-hydrogen) atoms. The molecule has 0 saturated heterocycles. The monoisotopic (exact) mass is 554 g/mol. The number of halogens is 5. The molecule has 0 bridgehead atoms. The van der Waals surface area contributed by atoms with E-state index >= 15 is 0 Å². The van der Waals surface area contributed by atoms with Crippen molar-refractivity contribution in [2.45, 2.75) is 30.5 Å². The fourth-order valence-corrected chi connectivity index (χ4v) is 4.83. The first-order valence-electron chi connectivity index (χ1n) is 10.9. The molecule has 2 amide bonds. The molecule has 3 aromatic rings. The lowest BCUT2D eigenvalue weighted by Gasteiger charge is -2.19. The predicted molar refractivity (Wildman–Crippen MR) is 139 cm³/mol. The fraction of sp³-hybridized carbons (Fsp3) is 0.231. The van der Waals surface area contributed by atoms with Crippen molar-refractivity contribution in [1.82, 2.24) is 10.6 Å². The lowest BCUT2D eigenvalue weighted by atomic mass is 9.96. The molecule has 0 fully saturated rings. The van der Waals surface area contributed by atoms with E-state index in [1.807, 2.05) is 13.0 Å². The summed E-state index contributed by atoms with van der Waals surface area (Å²) in [5.41, 5.74) is -0.0679. The molecule has 0 aromatic heterocycles. The van der Waals surface area contributed by atoms with Crippen LogP contribution in [0.1, 0.15) is 28.4 Å². The van der Waals surface area contributed by atoms with E-state index in [0.29, 0.717) is 21.2 Å². The van der Waals surface area contributed by atoms with Crippen LogP contribution in [0.4, 0.5) is 13.2 Å². The van der Waals surface area contributed by atoms with Crippen molar-refractivity contribution in [3.63, 3.8) is 0 Å². The van der Waals surface area contributed by atoms with Gasteiger partial charge in [0.1, 0.15) is 6.04 Å². The number of carbonyl (C=O) groups is 2. The van der Waals surface area contributed by atoms with Gasteiger partial charge in [-0.2, -0.15) is 13.2 Å². The minimum Gasteiger partial charge on any atom is -0.357 e. The molecule has 0 aliphatic rings. The Bertz CT molecular complexity index is 1270. The SMILES string of the molecule is CCSc1cccc(-c2cc(C(=O)N[C@H](Cc3ccc(Cl)cc3Cl)C(=O)NC)ccc2C(F)(F)F)c1. The van der Waals surface area contributed by atoms with E-state index in [9.17, 15) is 22.8 Å². The Morgan fingerprint density at radius 2 is 1.78 bits per heavy atom. The quantitative estimate of drug-likeness (QED) is 0.298. The Balaban J connectivity index is 1.96. The van der Waals surface area contributed by atoms with Gasteiger partial charge >= 0.3 is 6.18 Å². The number of amides is 2. The zero-order chi connectivity index (χ0) is 26.5. The van der Waals surface area contributed by atoms with Crippen molar-refractivity contribution in [2.75, 3.05) is 12.8 Å². The third kappa shape index (κ3) is 6.96. The van der Waals surface area contributed by atoms with Gasteiger partial charge in [0.25, 0.3) is 5.91 Å². The van der Waals surface area contributed by atoms with Crippen molar-refractivity contribution in [3.05, 3.63) is 87.4 Å². The van der Waals surface area contributed by atoms with Gasteiger partial charge in [-0.05, 0) is 64.9 Å². The number of hydrogen-bond donors (Lipinski definition) is 2. The van der Waals surface area contributed by atoms with Crippen LogP contribution in [-0.2, 0) is 17.4 Å². The molecule has 190 valence electrons. The average molecular weight is 555 g/mol. The third-order valence-corrected chi connectivity index (χ3v) is 6.81. The van der Waals surface area contributed by atoms with E-state index in [1.54, 1.807) is 30.3 Å². The molecule has 3 rings (SSSR count). The van der Waals surface area contributed by atoms with Gasteiger partial charge in [-0.25, -0.2) is 0 Å². The summed E-state index contributed by atoms with van der Waals surface area (Å²) in [5, 5.41) is 5.84. The summed E-state index contributed by atoms with van der Waals surface area (Å²) < 4.78 is 41.4. The minimum absolute atomic E-state index is 0.0114. The van der Waals surface area contributed by atoms with Crippen molar-refractivity contribution in [2.24, 2.45) is 0 Å². The molecule has 0 unspecified atom stereocenters. The van der Waals surface area contributed by atoms with E-state index in [4.69, 9.17) is 23.2 Å².